The minimum atomic E-state index is 0.518. The van der Waals surface area contributed by atoms with Crippen LogP contribution in [0, 0.1) is 0 Å². The Kier molecular flexibility index (Phi) is 4.40. The molecule has 0 amide bonds. The van der Waals surface area contributed by atoms with Crippen molar-refractivity contribution in [3.8, 4) is 5.75 Å². The predicted molar refractivity (Wildman–Crippen MR) is 70.7 cm³/mol. The Balaban J connectivity index is 2.00. The van der Waals surface area contributed by atoms with Crippen molar-refractivity contribution in [2.45, 2.75) is 12.8 Å². The second-order valence-electron chi connectivity index (χ2n) is 4.69. The van der Waals surface area contributed by atoms with Crippen LogP contribution >= 0.6 is 0 Å². The highest BCUT2D eigenvalue weighted by Crippen LogP contribution is 2.26. The molecule has 0 radical (unpaired) electrons. The smallest absolute Gasteiger partial charge is 0.122 e. The zero-order chi connectivity index (χ0) is 12.1. The molecule has 1 aliphatic rings. The van der Waals surface area contributed by atoms with Crippen molar-refractivity contribution < 1.29 is 4.74 Å². The SMILES string of the molecule is COc1ccccc1C(C)CN1CCNCC1. The monoisotopic (exact) mass is 234 g/mol. The maximum absolute atomic E-state index is 5.42. The number of rotatable bonds is 4. The summed E-state index contributed by atoms with van der Waals surface area (Å²) in [5.74, 6) is 1.53. The Labute approximate surface area is 104 Å². The van der Waals surface area contributed by atoms with E-state index in [2.05, 4.69) is 29.3 Å². The quantitative estimate of drug-likeness (QED) is 0.858. The standard InChI is InChI=1S/C14H22N2O/c1-12(11-16-9-7-15-8-10-16)13-5-3-4-6-14(13)17-2/h3-6,12,15H,7-11H2,1-2H3. The van der Waals surface area contributed by atoms with Gasteiger partial charge >= 0.3 is 0 Å². The second kappa shape index (κ2) is 6.03. The molecule has 94 valence electrons. The first-order chi connectivity index (χ1) is 8.31. The van der Waals surface area contributed by atoms with Gasteiger partial charge in [0.25, 0.3) is 0 Å². The van der Waals surface area contributed by atoms with Crippen LogP contribution in [0.3, 0.4) is 0 Å². The van der Waals surface area contributed by atoms with Gasteiger partial charge in [-0.15, -0.1) is 0 Å². The lowest BCUT2D eigenvalue weighted by atomic mass is 9.99. The van der Waals surface area contributed by atoms with Crippen molar-refractivity contribution >= 4 is 0 Å². The molecule has 1 unspecified atom stereocenters. The van der Waals surface area contributed by atoms with Crippen molar-refractivity contribution in [2.24, 2.45) is 0 Å². The minimum Gasteiger partial charge on any atom is -0.496 e. The molecule has 0 aliphatic carbocycles. The lowest BCUT2D eigenvalue weighted by molar-refractivity contribution is 0.229. The topological polar surface area (TPSA) is 24.5 Å². The van der Waals surface area contributed by atoms with E-state index in [1.807, 2.05) is 12.1 Å². The first-order valence-electron chi connectivity index (χ1n) is 6.37. The lowest BCUT2D eigenvalue weighted by Crippen LogP contribution is -2.44. The molecule has 0 spiro atoms. The molecule has 2 rings (SSSR count). The van der Waals surface area contributed by atoms with E-state index in [9.17, 15) is 0 Å². The van der Waals surface area contributed by atoms with E-state index < -0.39 is 0 Å². The number of benzene rings is 1. The van der Waals surface area contributed by atoms with Crippen LogP contribution in [0.4, 0.5) is 0 Å². The summed E-state index contributed by atoms with van der Waals surface area (Å²) in [6.45, 7) is 7.91. The number of ether oxygens (including phenoxy) is 1. The van der Waals surface area contributed by atoms with E-state index >= 15 is 0 Å². The molecule has 0 aromatic heterocycles. The molecule has 1 N–H and O–H groups in total. The summed E-state index contributed by atoms with van der Waals surface area (Å²) >= 11 is 0. The van der Waals surface area contributed by atoms with E-state index in [4.69, 9.17) is 4.74 Å². The van der Waals surface area contributed by atoms with Gasteiger partial charge in [0.05, 0.1) is 7.11 Å². The molecule has 3 heteroatoms. The fourth-order valence-corrected chi connectivity index (χ4v) is 2.45. The molecule has 1 aromatic rings. The van der Waals surface area contributed by atoms with E-state index in [-0.39, 0.29) is 0 Å². The van der Waals surface area contributed by atoms with Crippen molar-refractivity contribution in [1.29, 1.82) is 0 Å². The molecular weight excluding hydrogens is 212 g/mol. The molecule has 1 aliphatic heterocycles. The molecule has 1 atom stereocenters. The van der Waals surface area contributed by atoms with Crippen LogP contribution in [0.25, 0.3) is 0 Å². The van der Waals surface area contributed by atoms with Gasteiger partial charge in [-0.2, -0.15) is 0 Å². The molecule has 1 aromatic carbocycles. The van der Waals surface area contributed by atoms with Crippen LogP contribution < -0.4 is 10.1 Å². The third kappa shape index (κ3) is 3.20. The van der Waals surface area contributed by atoms with Crippen LogP contribution in [-0.4, -0.2) is 44.7 Å². The predicted octanol–water partition coefficient (Wildman–Crippen LogP) is 1.70. The highest BCUT2D eigenvalue weighted by Gasteiger charge is 2.16. The van der Waals surface area contributed by atoms with Crippen LogP contribution in [0.15, 0.2) is 24.3 Å². The van der Waals surface area contributed by atoms with Crippen LogP contribution in [0.2, 0.25) is 0 Å². The molecule has 0 saturated carbocycles. The van der Waals surface area contributed by atoms with Gasteiger partial charge in [-0.25, -0.2) is 0 Å². The van der Waals surface area contributed by atoms with Crippen LogP contribution in [-0.2, 0) is 0 Å². The summed E-state index contributed by atoms with van der Waals surface area (Å²) in [4.78, 5) is 2.52. The zero-order valence-corrected chi connectivity index (χ0v) is 10.8. The van der Waals surface area contributed by atoms with Crippen LogP contribution in [0.1, 0.15) is 18.4 Å². The lowest BCUT2D eigenvalue weighted by Gasteiger charge is -2.30. The van der Waals surface area contributed by atoms with Gasteiger partial charge in [0, 0.05) is 32.7 Å². The Bertz CT molecular complexity index is 348. The molecule has 1 heterocycles. The zero-order valence-electron chi connectivity index (χ0n) is 10.8. The van der Waals surface area contributed by atoms with Crippen molar-refractivity contribution in [3.63, 3.8) is 0 Å². The van der Waals surface area contributed by atoms with Gasteiger partial charge in [-0.1, -0.05) is 25.1 Å². The van der Waals surface area contributed by atoms with Gasteiger partial charge in [0.1, 0.15) is 5.75 Å². The maximum atomic E-state index is 5.42. The van der Waals surface area contributed by atoms with Gasteiger partial charge in [0.15, 0.2) is 0 Å². The fourth-order valence-electron chi connectivity index (χ4n) is 2.45. The number of nitrogens with one attached hydrogen (secondary N) is 1. The summed E-state index contributed by atoms with van der Waals surface area (Å²) in [7, 11) is 1.75. The normalized spacial score (nSPS) is 18.9. The number of piperazine rings is 1. The third-order valence-electron chi connectivity index (χ3n) is 3.41. The summed E-state index contributed by atoms with van der Waals surface area (Å²) < 4.78 is 5.42. The van der Waals surface area contributed by atoms with Crippen molar-refractivity contribution in [3.05, 3.63) is 29.8 Å². The molecule has 3 nitrogen and oxygen atoms in total. The summed E-state index contributed by atoms with van der Waals surface area (Å²) in [6.07, 6.45) is 0. The van der Waals surface area contributed by atoms with Gasteiger partial charge in [-0.05, 0) is 17.5 Å². The molecule has 0 bridgehead atoms. The number of hydrogen-bond donors (Lipinski definition) is 1. The highest BCUT2D eigenvalue weighted by molar-refractivity contribution is 5.36. The maximum Gasteiger partial charge on any atom is 0.122 e. The molecule has 17 heavy (non-hydrogen) atoms. The van der Waals surface area contributed by atoms with Gasteiger partial charge in [-0.3, -0.25) is 0 Å². The molecule has 1 saturated heterocycles. The molecular formula is C14H22N2O. The fraction of sp³-hybridized carbons (Fsp3) is 0.571. The first kappa shape index (κ1) is 12.4. The summed E-state index contributed by atoms with van der Waals surface area (Å²) in [6, 6.07) is 8.33. The Morgan fingerprint density at radius 1 is 1.29 bits per heavy atom. The van der Waals surface area contributed by atoms with Gasteiger partial charge < -0.3 is 15.0 Å². The third-order valence-corrected chi connectivity index (χ3v) is 3.41. The van der Waals surface area contributed by atoms with E-state index in [0.29, 0.717) is 5.92 Å². The second-order valence-corrected chi connectivity index (χ2v) is 4.69. The number of hydrogen-bond acceptors (Lipinski definition) is 3. The van der Waals surface area contributed by atoms with Gasteiger partial charge in [0.2, 0.25) is 0 Å². The summed E-state index contributed by atoms with van der Waals surface area (Å²) in [5, 5.41) is 3.38. The van der Waals surface area contributed by atoms with E-state index in [1.54, 1.807) is 7.11 Å². The Hall–Kier alpha value is -1.06. The minimum absolute atomic E-state index is 0.518. The summed E-state index contributed by atoms with van der Waals surface area (Å²) in [5.41, 5.74) is 1.31. The van der Waals surface area contributed by atoms with Crippen molar-refractivity contribution in [1.82, 2.24) is 10.2 Å². The number of methoxy groups -OCH3 is 1. The average Bonchev–Trinajstić information content (AvgIpc) is 2.40. The largest absolute Gasteiger partial charge is 0.496 e. The average molecular weight is 234 g/mol. The van der Waals surface area contributed by atoms with E-state index in [1.165, 1.54) is 5.56 Å². The first-order valence-corrected chi connectivity index (χ1v) is 6.37. The Morgan fingerprint density at radius 3 is 2.71 bits per heavy atom. The Morgan fingerprint density at radius 2 is 2.00 bits per heavy atom. The van der Waals surface area contributed by atoms with Crippen molar-refractivity contribution in [2.75, 3.05) is 39.8 Å². The van der Waals surface area contributed by atoms with E-state index in [0.717, 1.165) is 38.5 Å². The van der Waals surface area contributed by atoms with Crippen LogP contribution in [0.5, 0.6) is 5.75 Å². The highest BCUT2D eigenvalue weighted by atomic mass is 16.5. The molecule has 1 fully saturated rings. The number of para-hydroxylation sites is 1. The number of nitrogens with zero attached hydrogens (tertiary/aromatic N) is 1.